The van der Waals surface area contributed by atoms with Crippen LogP contribution in [0, 0.1) is 6.92 Å². The van der Waals surface area contributed by atoms with Gasteiger partial charge >= 0.3 is 0 Å². The number of nitrogens with two attached hydrogens (primary N) is 1. The third-order valence-corrected chi connectivity index (χ3v) is 3.05. The van der Waals surface area contributed by atoms with Gasteiger partial charge in [-0.15, -0.1) is 0 Å². The lowest BCUT2D eigenvalue weighted by Crippen LogP contribution is -2.13. The fourth-order valence-corrected chi connectivity index (χ4v) is 1.83. The highest BCUT2D eigenvalue weighted by atomic mass is 16.5. The molecule has 0 saturated heterocycles. The first-order valence-corrected chi connectivity index (χ1v) is 6.34. The van der Waals surface area contributed by atoms with Crippen LogP contribution >= 0.6 is 0 Å². The summed E-state index contributed by atoms with van der Waals surface area (Å²) in [6, 6.07) is 9.83. The third-order valence-electron chi connectivity index (χ3n) is 3.05. The van der Waals surface area contributed by atoms with Crippen LogP contribution in [0.5, 0.6) is 5.75 Å². The Morgan fingerprint density at radius 3 is 2.47 bits per heavy atom. The summed E-state index contributed by atoms with van der Waals surface area (Å²) in [6.45, 7) is 4.56. The van der Waals surface area contributed by atoms with Gasteiger partial charge in [0, 0.05) is 23.7 Å². The van der Waals surface area contributed by atoms with E-state index >= 15 is 0 Å². The molecule has 4 nitrogen and oxygen atoms in total. The molecule has 19 heavy (non-hydrogen) atoms. The fraction of sp³-hybridized carbons (Fsp3) is 0.333. The van der Waals surface area contributed by atoms with E-state index in [1.54, 1.807) is 7.11 Å². The van der Waals surface area contributed by atoms with Crippen molar-refractivity contribution in [3.8, 4) is 17.0 Å². The maximum Gasteiger partial charge on any atom is 0.133 e. The van der Waals surface area contributed by atoms with Crippen LogP contribution in [0.25, 0.3) is 11.3 Å². The van der Waals surface area contributed by atoms with Crippen molar-refractivity contribution in [2.75, 3.05) is 13.7 Å². The van der Waals surface area contributed by atoms with E-state index < -0.39 is 0 Å². The number of hydrogen-bond acceptors (Lipinski definition) is 4. The summed E-state index contributed by atoms with van der Waals surface area (Å²) < 4.78 is 5.16. The molecule has 0 fully saturated rings. The van der Waals surface area contributed by atoms with Crippen LogP contribution in [0.1, 0.15) is 24.4 Å². The number of aryl methyl sites for hydroxylation is 1. The van der Waals surface area contributed by atoms with Gasteiger partial charge in [0.05, 0.1) is 12.8 Å². The number of ether oxygens (including phenoxy) is 1. The van der Waals surface area contributed by atoms with Crippen molar-refractivity contribution in [2.45, 2.75) is 19.8 Å². The Labute approximate surface area is 113 Å². The van der Waals surface area contributed by atoms with E-state index in [4.69, 9.17) is 10.5 Å². The first-order valence-electron chi connectivity index (χ1n) is 6.34. The number of benzene rings is 1. The molecule has 100 valence electrons. The highest BCUT2D eigenvalue weighted by Gasteiger charge is 2.10. The molecule has 0 spiro atoms. The fourth-order valence-electron chi connectivity index (χ4n) is 1.83. The lowest BCUT2D eigenvalue weighted by Gasteiger charge is -2.10. The summed E-state index contributed by atoms with van der Waals surface area (Å²) in [4.78, 5) is 9.05. The van der Waals surface area contributed by atoms with E-state index in [9.17, 15) is 0 Å². The second kappa shape index (κ2) is 5.80. The summed E-state index contributed by atoms with van der Waals surface area (Å²) in [5.41, 5.74) is 8.61. The van der Waals surface area contributed by atoms with E-state index in [1.807, 2.05) is 44.2 Å². The Morgan fingerprint density at radius 1 is 1.21 bits per heavy atom. The van der Waals surface area contributed by atoms with E-state index in [-0.39, 0.29) is 5.92 Å². The van der Waals surface area contributed by atoms with Crippen LogP contribution in [0.3, 0.4) is 0 Å². The molecule has 1 unspecified atom stereocenters. The maximum atomic E-state index is 5.68. The predicted octanol–water partition coefficient (Wildman–Crippen LogP) is 2.52. The van der Waals surface area contributed by atoms with Crippen molar-refractivity contribution >= 4 is 0 Å². The Bertz CT molecular complexity index is 552. The van der Waals surface area contributed by atoms with Gasteiger partial charge < -0.3 is 10.5 Å². The van der Waals surface area contributed by atoms with Gasteiger partial charge in [-0.05, 0) is 37.3 Å². The highest BCUT2D eigenvalue weighted by Crippen LogP contribution is 2.22. The molecule has 1 heterocycles. The first kappa shape index (κ1) is 13.5. The Hall–Kier alpha value is -1.94. The Morgan fingerprint density at radius 2 is 1.89 bits per heavy atom. The van der Waals surface area contributed by atoms with Crippen molar-refractivity contribution in [3.05, 3.63) is 41.9 Å². The minimum Gasteiger partial charge on any atom is -0.497 e. The molecule has 1 aromatic carbocycles. The minimum absolute atomic E-state index is 0.164. The molecular weight excluding hydrogens is 238 g/mol. The van der Waals surface area contributed by atoms with E-state index in [0.717, 1.165) is 28.5 Å². The summed E-state index contributed by atoms with van der Waals surface area (Å²) in [5.74, 6) is 1.80. The van der Waals surface area contributed by atoms with E-state index in [1.165, 1.54) is 0 Å². The van der Waals surface area contributed by atoms with Gasteiger partial charge in [-0.1, -0.05) is 6.92 Å². The molecule has 1 aromatic heterocycles. The molecule has 2 rings (SSSR count). The van der Waals surface area contributed by atoms with Crippen molar-refractivity contribution in [2.24, 2.45) is 5.73 Å². The molecule has 0 aliphatic carbocycles. The topological polar surface area (TPSA) is 61.0 Å². The minimum atomic E-state index is 0.164. The molecule has 0 amide bonds. The van der Waals surface area contributed by atoms with Crippen molar-refractivity contribution in [1.82, 2.24) is 9.97 Å². The molecule has 0 radical (unpaired) electrons. The monoisotopic (exact) mass is 257 g/mol. The average molecular weight is 257 g/mol. The quantitative estimate of drug-likeness (QED) is 0.914. The number of hydrogen-bond donors (Lipinski definition) is 1. The van der Waals surface area contributed by atoms with Gasteiger partial charge in [0.25, 0.3) is 0 Å². The van der Waals surface area contributed by atoms with Crippen LogP contribution < -0.4 is 10.5 Å². The van der Waals surface area contributed by atoms with Crippen molar-refractivity contribution < 1.29 is 4.74 Å². The van der Waals surface area contributed by atoms with Gasteiger partial charge in [-0.2, -0.15) is 0 Å². The summed E-state index contributed by atoms with van der Waals surface area (Å²) >= 11 is 0. The SMILES string of the molecule is COc1ccc(-c2cc(C)nc(C(C)CN)n2)cc1. The van der Waals surface area contributed by atoms with Gasteiger partial charge in [0.1, 0.15) is 11.6 Å². The number of rotatable bonds is 4. The van der Waals surface area contributed by atoms with Crippen LogP contribution in [-0.2, 0) is 0 Å². The second-order valence-corrected chi connectivity index (χ2v) is 4.62. The third kappa shape index (κ3) is 3.09. The lowest BCUT2D eigenvalue weighted by atomic mass is 10.1. The molecule has 2 N–H and O–H groups in total. The summed E-state index contributed by atoms with van der Waals surface area (Å²) in [6.07, 6.45) is 0. The van der Waals surface area contributed by atoms with Crippen LogP contribution in [0.15, 0.2) is 30.3 Å². The van der Waals surface area contributed by atoms with Crippen LogP contribution in [0.2, 0.25) is 0 Å². The first-order chi connectivity index (χ1) is 9.13. The molecule has 0 aliphatic heterocycles. The summed E-state index contributed by atoms with van der Waals surface area (Å²) in [5, 5.41) is 0. The van der Waals surface area contributed by atoms with Crippen molar-refractivity contribution in [1.29, 1.82) is 0 Å². The zero-order valence-electron chi connectivity index (χ0n) is 11.6. The standard InChI is InChI=1S/C15H19N3O/c1-10(9-16)15-17-11(2)8-14(18-15)12-4-6-13(19-3)7-5-12/h4-8,10H,9,16H2,1-3H3. The van der Waals surface area contributed by atoms with Gasteiger partial charge in [-0.25, -0.2) is 9.97 Å². The second-order valence-electron chi connectivity index (χ2n) is 4.62. The zero-order valence-corrected chi connectivity index (χ0v) is 11.6. The maximum absolute atomic E-state index is 5.68. The summed E-state index contributed by atoms with van der Waals surface area (Å²) in [7, 11) is 1.66. The van der Waals surface area contributed by atoms with Crippen molar-refractivity contribution in [3.63, 3.8) is 0 Å². The molecule has 0 saturated carbocycles. The van der Waals surface area contributed by atoms with Crippen LogP contribution in [-0.4, -0.2) is 23.6 Å². The Kier molecular flexibility index (Phi) is 4.12. The predicted molar refractivity (Wildman–Crippen MR) is 76.2 cm³/mol. The van der Waals surface area contributed by atoms with Gasteiger partial charge in [-0.3, -0.25) is 0 Å². The molecule has 0 aliphatic rings. The molecular formula is C15H19N3O. The van der Waals surface area contributed by atoms with Crippen LogP contribution in [0.4, 0.5) is 0 Å². The normalized spacial score (nSPS) is 12.2. The number of methoxy groups -OCH3 is 1. The largest absolute Gasteiger partial charge is 0.497 e. The van der Waals surface area contributed by atoms with E-state index in [0.29, 0.717) is 6.54 Å². The lowest BCUT2D eigenvalue weighted by molar-refractivity contribution is 0.415. The average Bonchev–Trinajstić information content (AvgIpc) is 2.45. The highest BCUT2D eigenvalue weighted by molar-refractivity contribution is 5.60. The smallest absolute Gasteiger partial charge is 0.133 e. The zero-order chi connectivity index (χ0) is 13.8. The van der Waals surface area contributed by atoms with Gasteiger partial charge in [0.2, 0.25) is 0 Å². The molecule has 4 heteroatoms. The van der Waals surface area contributed by atoms with Gasteiger partial charge in [0.15, 0.2) is 0 Å². The molecule has 0 bridgehead atoms. The molecule has 1 atom stereocenters. The number of nitrogens with zero attached hydrogens (tertiary/aromatic N) is 2. The molecule has 2 aromatic rings. The number of aromatic nitrogens is 2. The van der Waals surface area contributed by atoms with E-state index in [2.05, 4.69) is 9.97 Å². The Balaban J connectivity index is 2.40.